The monoisotopic (exact) mass is 420 g/mol. The summed E-state index contributed by atoms with van der Waals surface area (Å²) in [6.07, 6.45) is 0.830. The number of guanidine groups is 1. The second-order valence-electron chi connectivity index (χ2n) is 6.89. The first-order valence-electron chi connectivity index (χ1n) is 10.1. The molecule has 1 fully saturated rings. The molecule has 1 aromatic heterocycles. The highest BCUT2D eigenvalue weighted by Gasteiger charge is 2.23. The number of nitrogens with zero attached hydrogens (tertiary/aromatic N) is 4. The number of hydrogen-bond donors (Lipinski definition) is 2. The van der Waals surface area contributed by atoms with E-state index in [0.717, 1.165) is 42.7 Å². The Morgan fingerprint density at radius 3 is 3.07 bits per heavy atom. The van der Waals surface area contributed by atoms with E-state index < -0.39 is 0 Å². The molecule has 2 aromatic rings. The second kappa shape index (κ2) is 10.5. The van der Waals surface area contributed by atoms with Gasteiger partial charge >= 0.3 is 0 Å². The van der Waals surface area contributed by atoms with E-state index in [0.29, 0.717) is 30.9 Å². The van der Waals surface area contributed by atoms with Gasteiger partial charge in [-0.05, 0) is 45.4 Å². The fourth-order valence-corrected chi connectivity index (χ4v) is 3.45. The maximum Gasteiger partial charge on any atom is 0.248 e. The van der Waals surface area contributed by atoms with Crippen LogP contribution < -0.4 is 15.5 Å². The van der Waals surface area contributed by atoms with Crippen molar-refractivity contribution in [3.63, 3.8) is 0 Å². The Hall–Kier alpha value is -2.32. The predicted octanol–water partition coefficient (Wildman–Crippen LogP) is 3.15. The third-order valence-corrected chi connectivity index (χ3v) is 4.92. The van der Waals surface area contributed by atoms with Gasteiger partial charge in [0, 0.05) is 43.0 Å². The Labute approximate surface area is 176 Å². The molecule has 3 rings (SSSR count). The van der Waals surface area contributed by atoms with E-state index in [1.807, 2.05) is 39.0 Å². The highest BCUT2D eigenvalue weighted by Crippen LogP contribution is 2.23. The quantitative estimate of drug-likeness (QED) is 0.501. The molecule has 0 bridgehead atoms. The summed E-state index contributed by atoms with van der Waals surface area (Å²) in [4.78, 5) is 11.3. The average molecular weight is 421 g/mol. The molecule has 0 radical (unpaired) electrons. The third kappa shape index (κ3) is 6.08. The zero-order valence-electron chi connectivity index (χ0n) is 17.2. The molecule has 1 aliphatic rings. The van der Waals surface area contributed by atoms with Gasteiger partial charge in [-0.15, -0.1) is 0 Å². The highest BCUT2D eigenvalue weighted by atomic mass is 35.5. The van der Waals surface area contributed by atoms with Gasteiger partial charge in [-0.3, -0.25) is 0 Å². The molecule has 9 heteroatoms. The van der Waals surface area contributed by atoms with E-state index in [4.69, 9.17) is 20.9 Å². The topological polar surface area (TPSA) is 87.8 Å². The summed E-state index contributed by atoms with van der Waals surface area (Å²) in [6, 6.07) is 8.26. The molecule has 8 nitrogen and oxygen atoms in total. The minimum atomic E-state index is -0.191. The van der Waals surface area contributed by atoms with Crippen LogP contribution in [-0.2, 0) is 11.3 Å². The summed E-state index contributed by atoms with van der Waals surface area (Å²) in [6.45, 7) is 9.43. The Morgan fingerprint density at radius 1 is 1.45 bits per heavy atom. The lowest BCUT2D eigenvalue weighted by Gasteiger charge is -2.20. The largest absolute Gasteiger partial charge is 0.371 e. The molecular formula is C20H29ClN6O2. The first-order valence-corrected chi connectivity index (χ1v) is 10.5. The Balaban J connectivity index is 1.57. The van der Waals surface area contributed by atoms with Crippen molar-refractivity contribution in [2.24, 2.45) is 4.99 Å². The van der Waals surface area contributed by atoms with Crippen molar-refractivity contribution in [3.05, 3.63) is 41.0 Å². The zero-order valence-corrected chi connectivity index (χ0v) is 17.9. The molecule has 2 N–H and O–H groups in total. The van der Waals surface area contributed by atoms with E-state index >= 15 is 0 Å². The van der Waals surface area contributed by atoms with Gasteiger partial charge in [0.15, 0.2) is 11.8 Å². The van der Waals surface area contributed by atoms with E-state index in [9.17, 15) is 0 Å². The fraction of sp³-hybridized carbons (Fsp3) is 0.550. The maximum atomic E-state index is 6.12. The smallest absolute Gasteiger partial charge is 0.248 e. The van der Waals surface area contributed by atoms with E-state index in [-0.39, 0.29) is 6.10 Å². The molecule has 29 heavy (non-hydrogen) atoms. The summed E-state index contributed by atoms with van der Waals surface area (Å²) in [5.74, 6) is 1.75. The lowest BCUT2D eigenvalue weighted by molar-refractivity contribution is 0.0683. The minimum Gasteiger partial charge on any atom is -0.371 e. The lowest BCUT2D eigenvalue weighted by Crippen LogP contribution is -2.44. The Kier molecular flexibility index (Phi) is 7.71. The molecule has 2 heterocycles. The van der Waals surface area contributed by atoms with Crippen molar-refractivity contribution in [3.8, 4) is 0 Å². The number of aliphatic imine (C=N–C) groups is 1. The van der Waals surface area contributed by atoms with Crippen LogP contribution in [-0.4, -0.2) is 48.4 Å². The van der Waals surface area contributed by atoms with Crippen LogP contribution in [0.1, 0.15) is 45.0 Å². The van der Waals surface area contributed by atoms with Gasteiger partial charge in [0.2, 0.25) is 5.89 Å². The molecule has 1 aromatic carbocycles. The van der Waals surface area contributed by atoms with Crippen LogP contribution in [0.3, 0.4) is 0 Å². The fourth-order valence-electron chi connectivity index (χ4n) is 3.27. The minimum absolute atomic E-state index is 0.191. The van der Waals surface area contributed by atoms with Gasteiger partial charge < -0.3 is 24.8 Å². The van der Waals surface area contributed by atoms with Gasteiger partial charge in [-0.2, -0.15) is 4.98 Å². The van der Waals surface area contributed by atoms with Crippen molar-refractivity contribution in [1.29, 1.82) is 0 Å². The van der Waals surface area contributed by atoms with Crippen LogP contribution in [0.5, 0.6) is 0 Å². The SMILES string of the molecule is CCNC(=NCc1nc(C(C)OCC)no1)NC1CCN(c2cccc(Cl)c2)C1. The van der Waals surface area contributed by atoms with Crippen molar-refractivity contribution < 1.29 is 9.26 Å². The van der Waals surface area contributed by atoms with Crippen LogP contribution in [0, 0.1) is 0 Å². The maximum absolute atomic E-state index is 6.12. The normalized spacial score (nSPS) is 18.1. The predicted molar refractivity (Wildman–Crippen MR) is 114 cm³/mol. The van der Waals surface area contributed by atoms with Gasteiger partial charge in [0.1, 0.15) is 12.6 Å². The molecule has 0 saturated carbocycles. The number of nitrogens with one attached hydrogen (secondary N) is 2. The van der Waals surface area contributed by atoms with Gasteiger partial charge in [0.05, 0.1) is 0 Å². The summed E-state index contributed by atoms with van der Waals surface area (Å²) in [5.41, 5.74) is 1.14. The first-order chi connectivity index (χ1) is 14.1. The summed E-state index contributed by atoms with van der Waals surface area (Å²) >= 11 is 6.12. The second-order valence-corrected chi connectivity index (χ2v) is 7.33. The molecule has 1 aliphatic heterocycles. The van der Waals surface area contributed by atoms with Crippen molar-refractivity contribution in [1.82, 2.24) is 20.8 Å². The van der Waals surface area contributed by atoms with Gasteiger partial charge in [0.25, 0.3) is 0 Å². The number of halogens is 1. The summed E-state index contributed by atoms with van der Waals surface area (Å²) in [7, 11) is 0. The molecule has 1 saturated heterocycles. The van der Waals surface area contributed by atoms with Crippen LogP contribution in [0.15, 0.2) is 33.8 Å². The molecule has 158 valence electrons. The number of ether oxygens (including phenoxy) is 1. The molecule has 0 amide bonds. The van der Waals surface area contributed by atoms with Crippen LogP contribution in [0.25, 0.3) is 0 Å². The highest BCUT2D eigenvalue weighted by molar-refractivity contribution is 6.30. The van der Waals surface area contributed by atoms with Crippen molar-refractivity contribution in [2.45, 2.75) is 45.9 Å². The van der Waals surface area contributed by atoms with Crippen molar-refractivity contribution >= 4 is 23.2 Å². The third-order valence-electron chi connectivity index (χ3n) is 4.68. The van der Waals surface area contributed by atoms with Crippen molar-refractivity contribution in [2.75, 3.05) is 31.1 Å². The van der Waals surface area contributed by atoms with E-state index in [1.165, 1.54) is 0 Å². The molecule has 2 atom stereocenters. The summed E-state index contributed by atoms with van der Waals surface area (Å²) < 4.78 is 10.8. The van der Waals surface area contributed by atoms with E-state index in [1.54, 1.807) is 0 Å². The number of hydrogen-bond acceptors (Lipinski definition) is 6. The number of rotatable bonds is 8. The summed E-state index contributed by atoms with van der Waals surface area (Å²) in [5, 5.41) is 11.5. The van der Waals surface area contributed by atoms with Gasteiger partial charge in [-0.1, -0.05) is 22.8 Å². The van der Waals surface area contributed by atoms with E-state index in [2.05, 4.69) is 36.7 Å². The number of anilines is 1. The lowest BCUT2D eigenvalue weighted by atomic mass is 10.3. The van der Waals surface area contributed by atoms with Crippen LogP contribution >= 0.6 is 11.6 Å². The van der Waals surface area contributed by atoms with Crippen LogP contribution in [0.4, 0.5) is 5.69 Å². The first kappa shape index (κ1) is 21.4. The Bertz CT molecular complexity index is 812. The number of aromatic nitrogens is 2. The standard InChI is InChI=1S/C20H29ClN6O2/c1-4-22-20(23-12-18-25-19(26-29-18)14(3)28-5-2)24-16-9-10-27(13-16)17-8-6-7-15(21)11-17/h6-8,11,14,16H,4-5,9-10,12-13H2,1-3H3,(H2,22,23,24). The molecule has 2 unspecified atom stereocenters. The molecular weight excluding hydrogens is 392 g/mol. The van der Waals surface area contributed by atoms with Crippen LogP contribution in [0.2, 0.25) is 5.02 Å². The molecule has 0 spiro atoms. The molecule has 0 aliphatic carbocycles. The average Bonchev–Trinajstić information content (AvgIpc) is 3.36. The zero-order chi connectivity index (χ0) is 20.6. The number of benzene rings is 1. The van der Waals surface area contributed by atoms with Gasteiger partial charge in [-0.25, -0.2) is 4.99 Å². The Morgan fingerprint density at radius 2 is 2.31 bits per heavy atom.